The molecule has 1 unspecified atom stereocenters. The maximum atomic E-state index is 11.3. The average Bonchev–Trinajstić information content (AvgIpc) is 3.15. The summed E-state index contributed by atoms with van der Waals surface area (Å²) in [5.41, 5.74) is 5.06. The van der Waals surface area contributed by atoms with Crippen molar-refractivity contribution in [2.75, 3.05) is 19.6 Å². The summed E-state index contributed by atoms with van der Waals surface area (Å²) in [6.07, 6.45) is 7.16. The first-order chi connectivity index (χ1) is 13.1. The quantitative estimate of drug-likeness (QED) is 0.788. The van der Waals surface area contributed by atoms with Crippen LogP contribution in [0.3, 0.4) is 0 Å². The van der Waals surface area contributed by atoms with Crippen molar-refractivity contribution in [1.82, 2.24) is 9.47 Å². The smallest absolute Gasteiger partial charge is 0.307 e. The normalized spacial score (nSPS) is 18.6. The molecule has 144 valence electrons. The number of carbonyl (C=O) groups is 1. The molecule has 1 aromatic heterocycles. The van der Waals surface area contributed by atoms with Crippen molar-refractivity contribution in [3.05, 3.63) is 65.5 Å². The standard InChI is InChI=1S/C23H30N2O2/c1-3-25-16-8-13-22(25)21(20-11-5-4-9-18(20)2)12-7-15-24-14-6-10-19(17-24)23(26)27/h4-5,8-9,11-13,16,19H,3,6-7,10,14-15,17H2,1-2H3,(H,26,27)/b21-12-. The Balaban J connectivity index is 1.79. The Morgan fingerprint density at radius 3 is 2.81 bits per heavy atom. The van der Waals surface area contributed by atoms with Gasteiger partial charge in [-0.05, 0) is 62.9 Å². The topological polar surface area (TPSA) is 45.5 Å². The number of aromatic nitrogens is 1. The monoisotopic (exact) mass is 366 g/mol. The molecule has 1 aromatic carbocycles. The summed E-state index contributed by atoms with van der Waals surface area (Å²) in [6, 6.07) is 12.8. The Kier molecular flexibility index (Phi) is 6.51. The fourth-order valence-corrected chi connectivity index (χ4v) is 4.01. The number of benzene rings is 1. The summed E-state index contributed by atoms with van der Waals surface area (Å²) in [7, 11) is 0. The van der Waals surface area contributed by atoms with Crippen LogP contribution >= 0.6 is 0 Å². The summed E-state index contributed by atoms with van der Waals surface area (Å²) >= 11 is 0. The van der Waals surface area contributed by atoms with E-state index in [1.165, 1.54) is 22.4 Å². The van der Waals surface area contributed by atoms with E-state index in [1.807, 2.05) is 0 Å². The number of aryl methyl sites for hydroxylation is 2. The summed E-state index contributed by atoms with van der Waals surface area (Å²) in [6.45, 7) is 7.85. The third-order valence-electron chi connectivity index (χ3n) is 5.53. The molecule has 1 fully saturated rings. The lowest BCUT2D eigenvalue weighted by Crippen LogP contribution is -2.39. The number of carboxylic acid groups (broad SMARTS) is 1. The van der Waals surface area contributed by atoms with Crippen molar-refractivity contribution in [2.45, 2.75) is 39.7 Å². The van der Waals surface area contributed by atoms with Gasteiger partial charge >= 0.3 is 5.97 Å². The molecule has 0 saturated carbocycles. The minimum Gasteiger partial charge on any atom is -0.481 e. The van der Waals surface area contributed by atoms with Crippen LogP contribution in [0, 0.1) is 12.8 Å². The molecule has 0 bridgehead atoms. The number of hydrogen-bond donors (Lipinski definition) is 1. The van der Waals surface area contributed by atoms with E-state index < -0.39 is 5.97 Å². The van der Waals surface area contributed by atoms with Crippen LogP contribution in [0.25, 0.3) is 5.57 Å². The molecule has 2 aromatic rings. The molecule has 1 N–H and O–H groups in total. The zero-order chi connectivity index (χ0) is 19.2. The first kappa shape index (κ1) is 19.4. The number of carboxylic acids is 1. The number of hydrogen-bond acceptors (Lipinski definition) is 2. The largest absolute Gasteiger partial charge is 0.481 e. The zero-order valence-electron chi connectivity index (χ0n) is 16.4. The van der Waals surface area contributed by atoms with Crippen molar-refractivity contribution >= 4 is 11.5 Å². The van der Waals surface area contributed by atoms with E-state index in [1.54, 1.807) is 0 Å². The van der Waals surface area contributed by atoms with Crippen LogP contribution in [-0.2, 0) is 11.3 Å². The Morgan fingerprint density at radius 2 is 2.07 bits per heavy atom. The Hall–Kier alpha value is -2.33. The molecule has 0 radical (unpaired) electrons. The molecule has 1 saturated heterocycles. The fourth-order valence-electron chi connectivity index (χ4n) is 4.01. The molecule has 1 aliphatic heterocycles. The minimum absolute atomic E-state index is 0.212. The van der Waals surface area contributed by atoms with Gasteiger partial charge in [0.15, 0.2) is 0 Å². The van der Waals surface area contributed by atoms with Gasteiger partial charge in [-0.1, -0.05) is 30.3 Å². The Morgan fingerprint density at radius 1 is 1.26 bits per heavy atom. The molecule has 27 heavy (non-hydrogen) atoms. The maximum Gasteiger partial charge on any atom is 0.307 e. The Bertz CT molecular complexity index is 806. The molecule has 4 heteroatoms. The summed E-state index contributed by atoms with van der Waals surface area (Å²) < 4.78 is 2.28. The van der Waals surface area contributed by atoms with Gasteiger partial charge in [0.1, 0.15) is 0 Å². The van der Waals surface area contributed by atoms with Crippen LogP contribution in [0.2, 0.25) is 0 Å². The van der Waals surface area contributed by atoms with Crippen molar-refractivity contribution in [1.29, 1.82) is 0 Å². The van der Waals surface area contributed by atoms with Crippen LogP contribution in [0.1, 0.15) is 43.0 Å². The van der Waals surface area contributed by atoms with Crippen LogP contribution in [0.5, 0.6) is 0 Å². The van der Waals surface area contributed by atoms with E-state index in [2.05, 4.69) is 72.0 Å². The molecule has 0 aliphatic carbocycles. The second kappa shape index (κ2) is 9.05. The predicted molar refractivity (Wildman–Crippen MR) is 110 cm³/mol. The average molecular weight is 367 g/mol. The van der Waals surface area contributed by atoms with Crippen LogP contribution < -0.4 is 0 Å². The van der Waals surface area contributed by atoms with Crippen molar-refractivity contribution in [3.63, 3.8) is 0 Å². The third kappa shape index (κ3) is 4.69. The van der Waals surface area contributed by atoms with E-state index in [0.29, 0.717) is 6.54 Å². The van der Waals surface area contributed by atoms with E-state index in [4.69, 9.17) is 0 Å². The van der Waals surface area contributed by atoms with Crippen LogP contribution in [0.4, 0.5) is 0 Å². The summed E-state index contributed by atoms with van der Waals surface area (Å²) in [4.78, 5) is 13.6. The van der Waals surface area contributed by atoms with Crippen molar-refractivity contribution in [3.8, 4) is 0 Å². The van der Waals surface area contributed by atoms with Crippen molar-refractivity contribution in [2.24, 2.45) is 5.92 Å². The van der Waals surface area contributed by atoms with Gasteiger partial charge in [-0.3, -0.25) is 4.79 Å². The minimum atomic E-state index is -0.656. The number of aliphatic carboxylic acids is 1. The van der Waals surface area contributed by atoms with E-state index >= 15 is 0 Å². The lowest BCUT2D eigenvalue weighted by molar-refractivity contribution is -0.143. The van der Waals surface area contributed by atoms with Gasteiger partial charge < -0.3 is 14.6 Å². The highest BCUT2D eigenvalue weighted by Crippen LogP contribution is 2.27. The van der Waals surface area contributed by atoms with Gasteiger partial charge in [0.25, 0.3) is 0 Å². The number of nitrogens with zero attached hydrogens (tertiary/aromatic N) is 2. The molecule has 1 aliphatic rings. The molecule has 1 atom stereocenters. The second-order valence-electron chi connectivity index (χ2n) is 7.38. The van der Waals surface area contributed by atoms with Crippen LogP contribution in [0.15, 0.2) is 48.7 Å². The van der Waals surface area contributed by atoms with Gasteiger partial charge in [0, 0.05) is 37.1 Å². The fraction of sp³-hybridized carbons (Fsp3) is 0.435. The first-order valence-corrected chi connectivity index (χ1v) is 9.97. The second-order valence-corrected chi connectivity index (χ2v) is 7.38. The van der Waals surface area contributed by atoms with Gasteiger partial charge in [-0.25, -0.2) is 0 Å². The molecule has 2 heterocycles. The van der Waals surface area contributed by atoms with Crippen molar-refractivity contribution < 1.29 is 9.90 Å². The van der Waals surface area contributed by atoms with Crippen LogP contribution in [-0.4, -0.2) is 40.2 Å². The molecule has 4 nitrogen and oxygen atoms in total. The third-order valence-corrected chi connectivity index (χ3v) is 5.53. The van der Waals surface area contributed by atoms with Gasteiger partial charge in [0.05, 0.1) is 5.92 Å². The molecule has 0 amide bonds. The molecule has 0 spiro atoms. The van der Waals surface area contributed by atoms with Gasteiger partial charge in [0.2, 0.25) is 0 Å². The highest BCUT2D eigenvalue weighted by molar-refractivity contribution is 5.80. The summed E-state index contributed by atoms with van der Waals surface area (Å²) in [5.74, 6) is -0.868. The highest BCUT2D eigenvalue weighted by atomic mass is 16.4. The maximum absolute atomic E-state index is 11.3. The SMILES string of the molecule is CCn1cccc1/C(=C\CCN1CCCC(C(=O)O)C1)c1ccccc1C. The number of piperidine rings is 1. The van der Waals surface area contributed by atoms with E-state index in [0.717, 1.165) is 38.9 Å². The summed E-state index contributed by atoms with van der Waals surface area (Å²) in [5, 5.41) is 9.29. The number of likely N-dealkylation sites (tertiary alicyclic amines) is 1. The molecule has 3 rings (SSSR count). The number of rotatable bonds is 7. The lowest BCUT2D eigenvalue weighted by atomic mass is 9.96. The van der Waals surface area contributed by atoms with Gasteiger partial charge in [-0.15, -0.1) is 0 Å². The lowest BCUT2D eigenvalue weighted by Gasteiger charge is -2.30. The van der Waals surface area contributed by atoms with E-state index in [9.17, 15) is 9.90 Å². The Labute approximate surface area is 162 Å². The van der Waals surface area contributed by atoms with E-state index in [-0.39, 0.29) is 5.92 Å². The molecular formula is C23H30N2O2. The highest BCUT2D eigenvalue weighted by Gasteiger charge is 2.24. The molecular weight excluding hydrogens is 336 g/mol. The zero-order valence-corrected chi connectivity index (χ0v) is 16.4. The predicted octanol–water partition coefficient (Wildman–Crippen LogP) is 4.43. The van der Waals surface area contributed by atoms with Gasteiger partial charge in [-0.2, -0.15) is 0 Å². The first-order valence-electron chi connectivity index (χ1n) is 9.97.